The monoisotopic (exact) mass is 236 g/mol. The van der Waals surface area contributed by atoms with Gasteiger partial charge in [-0.2, -0.15) is 0 Å². The average molecular weight is 236 g/mol. The lowest BCUT2D eigenvalue weighted by Crippen LogP contribution is -2.27. The number of furan rings is 1. The fourth-order valence-electron chi connectivity index (χ4n) is 1.55. The second-order valence-electron chi connectivity index (χ2n) is 3.61. The fraction of sp³-hybridized carbons (Fsp3) is 0.300. The van der Waals surface area contributed by atoms with Gasteiger partial charge in [-0.25, -0.2) is 0 Å². The molecule has 0 aliphatic rings. The molecule has 7 heteroatoms. The van der Waals surface area contributed by atoms with Crippen molar-refractivity contribution in [3.63, 3.8) is 0 Å². The van der Waals surface area contributed by atoms with Crippen molar-refractivity contribution in [1.82, 2.24) is 14.8 Å². The maximum atomic E-state index is 10.6. The van der Waals surface area contributed by atoms with Gasteiger partial charge in [0.25, 0.3) is 0 Å². The van der Waals surface area contributed by atoms with Crippen molar-refractivity contribution in [2.45, 2.75) is 0 Å². The smallest absolute Gasteiger partial charge is 0.323 e. The van der Waals surface area contributed by atoms with Gasteiger partial charge in [0.1, 0.15) is 6.54 Å². The largest absolute Gasteiger partial charge is 0.480 e. The van der Waals surface area contributed by atoms with Gasteiger partial charge in [0, 0.05) is 14.1 Å². The molecule has 0 aliphatic carbocycles. The lowest BCUT2D eigenvalue weighted by molar-refractivity contribution is -0.135. The van der Waals surface area contributed by atoms with E-state index in [0.29, 0.717) is 17.5 Å². The van der Waals surface area contributed by atoms with E-state index in [2.05, 4.69) is 10.2 Å². The molecule has 17 heavy (non-hydrogen) atoms. The summed E-state index contributed by atoms with van der Waals surface area (Å²) in [7, 11) is 3.40. The van der Waals surface area contributed by atoms with Crippen LogP contribution in [0.25, 0.3) is 11.6 Å². The third-order valence-electron chi connectivity index (χ3n) is 2.31. The van der Waals surface area contributed by atoms with Gasteiger partial charge in [-0.15, -0.1) is 10.2 Å². The minimum atomic E-state index is -0.921. The van der Waals surface area contributed by atoms with Gasteiger partial charge in [-0.05, 0) is 12.1 Å². The molecular weight excluding hydrogens is 224 g/mol. The summed E-state index contributed by atoms with van der Waals surface area (Å²) < 4.78 is 6.90. The summed E-state index contributed by atoms with van der Waals surface area (Å²) in [5, 5.41) is 16.6. The molecule has 0 spiro atoms. The van der Waals surface area contributed by atoms with Crippen molar-refractivity contribution in [2.75, 3.05) is 18.5 Å². The summed E-state index contributed by atoms with van der Waals surface area (Å²) >= 11 is 0. The van der Waals surface area contributed by atoms with E-state index in [1.807, 2.05) is 0 Å². The molecule has 90 valence electrons. The molecular formula is C10H12N4O3. The minimum Gasteiger partial charge on any atom is -0.480 e. The Kier molecular flexibility index (Phi) is 2.82. The number of aliphatic carboxylic acids is 1. The highest BCUT2D eigenvalue weighted by molar-refractivity contribution is 5.72. The van der Waals surface area contributed by atoms with Crippen molar-refractivity contribution >= 4 is 11.9 Å². The van der Waals surface area contributed by atoms with E-state index in [4.69, 9.17) is 9.52 Å². The van der Waals surface area contributed by atoms with Gasteiger partial charge >= 0.3 is 5.97 Å². The van der Waals surface area contributed by atoms with Crippen LogP contribution in [-0.2, 0) is 11.8 Å². The Bertz CT molecular complexity index is 518. The lowest BCUT2D eigenvalue weighted by Gasteiger charge is -2.14. The van der Waals surface area contributed by atoms with Crippen molar-refractivity contribution in [3.05, 3.63) is 18.4 Å². The Morgan fingerprint density at radius 2 is 2.35 bits per heavy atom. The average Bonchev–Trinajstić information content (AvgIpc) is 2.84. The molecule has 0 bridgehead atoms. The molecule has 0 saturated carbocycles. The first-order valence-electron chi connectivity index (χ1n) is 4.96. The Labute approximate surface area is 97.3 Å². The molecule has 0 aliphatic heterocycles. The highest BCUT2D eigenvalue weighted by atomic mass is 16.4. The lowest BCUT2D eigenvalue weighted by atomic mass is 10.4. The number of carbonyl (C=O) groups is 1. The summed E-state index contributed by atoms with van der Waals surface area (Å²) in [6.45, 7) is -0.135. The summed E-state index contributed by atoms with van der Waals surface area (Å²) in [4.78, 5) is 12.1. The van der Waals surface area contributed by atoms with Crippen LogP contribution in [0, 0.1) is 0 Å². The molecule has 7 nitrogen and oxygen atoms in total. The first-order valence-corrected chi connectivity index (χ1v) is 4.96. The Morgan fingerprint density at radius 3 is 2.94 bits per heavy atom. The van der Waals surface area contributed by atoms with Crippen LogP contribution in [0.5, 0.6) is 0 Å². The quantitative estimate of drug-likeness (QED) is 0.836. The number of carboxylic acids is 1. The van der Waals surface area contributed by atoms with Gasteiger partial charge in [0.15, 0.2) is 5.76 Å². The topological polar surface area (TPSA) is 84.4 Å². The van der Waals surface area contributed by atoms with E-state index < -0.39 is 5.97 Å². The molecule has 0 fully saturated rings. The fourth-order valence-corrected chi connectivity index (χ4v) is 1.55. The predicted molar refractivity (Wildman–Crippen MR) is 59.6 cm³/mol. The second-order valence-corrected chi connectivity index (χ2v) is 3.61. The van der Waals surface area contributed by atoms with E-state index in [0.717, 1.165) is 0 Å². The molecule has 0 radical (unpaired) electrons. The molecule has 0 aromatic carbocycles. The molecule has 2 rings (SSSR count). The minimum absolute atomic E-state index is 0.135. The van der Waals surface area contributed by atoms with Crippen molar-refractivity contribution in [3.8, 4) is 11.6 Å². The van der Waals surface area contributed by atoms with Crippen molar-refractivity contribution in [2.24, 2.45) is 7.05 Å². The van der Waals surface area contributed by atoms with Crippen LogP contribution in [0.1, 0.15) is 0 Å². The molecule has 0 saturated heterocycles. The van der Waals surface area contributed by atoms with Crippen LogP contribution in [0.15, 0.2) is 22.8 Å². The van der Waals surface area contributed by atoms with E-state index >= 15 is 0 Å². The van der Waals surface area contributed by atoms with E-state index in [9.17, 15) is 4.79 Å². The Balaban J connectivity index is 2.30. The number of anilines is 1. The number of likely N-dealkylation sites (N-methyl/N-ethyl adjacent to an activating group) is 1. The normalized spacial score (nSPS) is 10.5. The van der Waals surface area contributed by atoms with Gasteiger partial charge in [0.2, 0.25) is 11.8 Å². The number of hydrogen-bond acceptors (Lipinski definition) is 5. The van der Waals surface area contributed by atoms with E-state index in [1.165, 1.54) is 4.90 Å². The summed E-state index contributed by atoms with van der Waals surface area (Å²) in [6.07, 6.45) is 1.55. The molecule has 1 N–H and O–H groups in total. The van der Waals surface area contributed by atoms with Crippen molar-refractivity contribution in [1.29, 1.82) is 0 Å². The number of hydrogen-bond donors (Lipinski definition) is 1. The maximum Gasteiger partial charge on any atom is 0.323 e. The van der Waals surface area contributed by atoms with Crippen LogP contribution < -0.4 is 4.90 Å². The molecule has 0 amide bonds. The van der Waals surface area contributed by atoms with Gasteiger partial charge in [0.05, 0.1) is 6.26 Å². The third-order valence-corrected chi connectivity index (χ3v) is 2.31. The molecule has 2 heterocycles. The van der Waals surface area contributed by atoms with Crippen LogP contribution in [0.3, 0.4) is 0 Å². The molecule has 2 aromatic heterocycles. The van der Waals surface area contributed by atoms with Crippen LogP contribution >= 0.6 is 0 Å². The summed E-state index contributed by atoms with van der Waals surface area (Å²) in [5.74, 6) is 0.700. The standard InChI is InChI=1S/C10H12N4O3/c1-13(6-8(15)16)10-12-11-9(14(10)2)7-4-3-5-17-7/h3-5H,6H2,1-2H3,(H,15,16). The Hall–Kier alpha value is -2.31. The number of aromatic nitrogens is 3. The first-order chi connectivity index (χ1) is 8.09. The number of rotatable bonds is 4. The number of carboxylic acid groups (broad SMARTS) is 1. The highest BCUT2D eigenvalue weighted by Gasteiger charge is 2.16. The van der Waals surface area contributed by atoms with Crippen LogP contribution in [0.2, 0.25) is 0 Å². The Morgan fingerprint density at radius 1 is 1.59 bits per heavy atom. The van der Waals surface area contributed by atoms with Crippen LogP contribution in [0.4, 0.5) is 5.95 Å². The van der Waals surface area contributed by atoms with Gasteiger partial charge < -0.3 is 14.4 Å². The van der Waals surface area contributed by atoms with Crippen molar-refractivity contribution < 1.29 is 14.3 Å². The van der Waals surface area contributed by atoms with Gasteiger partial charge in [-0.1, -0.05) is 0 Å². The zero-order valence-corrected chi connectivity index (χ0v) is 9.49. The predicted octanol–water partition coefficient (Wildman–Crippen LogP) is 0.596. The highest BCUT2D eigenvalue weighted by Crippen LogP contribution is 2.20. The molecule has 0 unspecified atom stereocenters. The zero-order valence-electron chi connectivity index (χ0n) is 9.49. The van der Waals surface area contributed by atoms with Gasteiger partial charge in [-0.3, -0.25) is 9.36 Å². The van der Waals surface area contributed by atoms with E-state index in [-0.39, 0.29) is 6.54 Å². The number of nitrogens with zero attached hydrogens (tertiary/aromatic N) is 4. The SMILES string of the molecule is CN(CC(=O)O)c1nnc(-c2ccco2)n1C. The third kappa shape index (κ3) is 2.12. The maximum absolute atomic E-state index is 10.6. The van der Waals surface area contributed by atoms with E-state index in [1.54, 1.807) is 37.1 Å². The van der Waals surface area contributed by atoms with Crippen LogP contribution in [-0.4, -0.2) is 39.4 Å². The molecule has 2 aromatic rings. The molecule has 0 atom stereocenters. The summed E-state index contributed by atoms with van der Waals surface area (Å²) in [5.41, 5.74) is 0. The second kappa shape index (κ2) is 4.28. The first kappa shape index (κ1) is 11.2. The zero-order chi connectivity index (χ0) is 12.4. The summed E-state index contributed by atoms with van der Waals surface area (Å²) in [6, 6.07) is 3.52.